The van der Waals surface area contributed by atoms with Crippen LogP contribution in [0.1, 0.15) is 23.0 Å². The Labute approximate surface area is 121 Å². The third kappa shape index (κ3) is 3.46. The molecule has 1 heterocycles. The van der Waals surface area contributed by atoms with Crippen LogP contribution in [-0.4, -0.2) is 35.1 Å². The van der Waals surface area contributed by atoms with Crippen molar-refractivity contribution in [1.29, 1.82) is 0 Å². The predicted octanol–water partition coefficient (Wildman–Crippen LogP) is 2.12. The molecular weight excluding hydrogens is 248 g/mol. The fourth-order valence-electron chi connectivity index (χ4n) is 2.49. The molecule has 20 heavy (non-hydrogen) atoms. The van der Waals surface area contributed by atoms with Crippen molar-refractivity contribution in [2.24, 2.45) is 7.05 Å². The van der Waals surface area contributed by atoms with E-state index >= 15 is 0 Å². The summed E-state index contributed by atoms with van der Waals surface area (Å²) in [5.74, 6) is 1.09. The van der Waals surface area contributed by atoms with Gasteiger partial charge in [-0.3, -0.25) is 4.90 Å². The van der Waals surface area contributed by atoms with E-state index < -0.39 is 0 Å². The first-order valence-corrected chi connectivity index (χ1v) is 6.99. The van der Waals surface area contributed by atoms with Crippen LogP contribution in [0.25, 0.3) is 0 Å². The first-order chi connectivity index (χ1) is 9.61. The van der Waals surface area contributed by atoms with E-state index in [0.717, 1.165) is 18.9 Å². The maximum absolute atomic E-state index is 4.38. The molecule has 2 aromatic rings. The summed E-state index contributed by atoms with van der Waals surface area (Å²) >= 11 is 0. The van der Waals surface area contributed by atoms with Crippen LogP contribution in [0.4, 0.5) is 0 Å². The zero-order valence-electron chi connectivity index (χ0n) is 12.8. The maximum Gasteiger partial charge on any atom is 0.122 e. The Hall–Kier alpha value is -1.65. The van der Waals surface area contributed by atoms with Crippen LogP contribution in [0.2, 0.25) is 0 Å². The number of nitrogens with one attached hydrogen (secondary N) is 1. The van der Waals surface area contributed by atoms with Gasteiger partial charge in [0.15, 0.2) is 0 Å². The van der Waals surface area contributed by atoms with Gasteiger partial charge in [-0.2, -0.15) is 0 Å². The lowest BCUT2D eigenvalue weighted by Crippen LogP contribution is -2.32. The predicted molar refractivity (Wildman–Crippen MR) is 82.5 cm³/mol. The van der Waals surface area contributed by atoms with E-state index in [2.05, 4.69) is 58.0 Å². The van der Waals surface area contributed by atoms with Crippen LogP contribution in [0.5, 0.6) is 0 Å². The molecule has 0 aliphatic carbocycles. The first-order valence-electron chi connectivity index (χ1n) is 6.99. The molecule has 0 fully saturated rings. The van der Waals surface area contributed by atoms with E-state index in [-0.39, 0.29) is 0 Å². The van der Waals surface area contributed by atoms with Crippen molar-refractivity contribution in [3.63, 3.8) is 0 Å². The summed E-state index contributed by atoms with van der Waals surface area (Å²) in [7, 11) is 6.19. The van der Waals surface area contributed by atoms with Crippen molar-refractivity contribution in [3.05, 3.63) is 53.6 Å². The van der Waals surface area contributed by atoms with Gasteiger partial charge >= 0.3 is 0 Å². The second-order valence-corrected chi connectivity index (χ2v) is 5.35. The molecule has 0 aliphatic heterocycles. The summed E-state index contributed by atoms with van der Waals surface area (Å²) in [4.78, 5) is 6.68. The molecule has 0 spiro atoms. The Balaban J connectivity index is 2.03. The number of rotatable bonds is 6. The highest BCUT2D eigenvalue weighted by Gasteiger charge is 2.14. The smallest absolute Gasteiger partial charge is 0.122 e. The van der Waals surface area contributed by atoms with Gasteiger partial charge in [-0.1, -0.05) is 24.3 Å². The van der Waals surface area contributed by atoms with Crippen molar-refractivity contribution < 1.29 is 0 Å². The molecule has 1 aromatic heterocycles. The average molecular weight is 272 g/mol. The van der Waals surface area contributed by atoms with E-state index in [4.69, 9.17) is 0 Å². The van der Waals surface area contributed by atoms with Crippen LogP contribution in [0.15, 0.2) is 36.7 Å². The van der Waals surface area contributed by atoms with Crippen LogP contribution in [0, 0.1) is 6.92 Å². The van der Waals surface area contributed by atoms with E-state index in [1.807, 2.05) is 26.5 Å². The fourth-order valence-corrected chi connectivity index (χ4v) is 2.49. The van der Waals surface area contributed by atoms with E-state index in [9.17, 15) is 0 Å². The largest absolute Gasteiger partial charge is 0.337 e. The minimum Gasteiger partial charge on any atom is -0.337 e. The molecule has 108 valence electrons. The molecule has 0 radical (unpaired) electrons. The third-order valence-electron chi connectivity index (χ3n) is 3.74. The van der Waals surface area contributed by atoms with Crippen molar-refractivity contribution in [2.75, 3.05) is 20.6 Å². The average Bonchev–Trinajstić information content (AvgIpc) is 2.82. The molecule has 2 rings (SSSR count). The van der Waals surface area contributed by atoms with Gasteiger partial charge < -0.3 is 9.88 Å². The second kappa shape index (κ2) is 6.68. The number of likely N-dealkylation sites (N-methyl/N-ethyl adjacent to an activating group) is 2. The molecular formula is C16H24N4. The van der Waals surface area contributed by atoms with Crippen molar-refractivity contribution in [2.45, 2.75) is 19.5 Å². The molecule has 0 aliphatic rings. The minimum atomic E-state index is 0.335. The summed E-state index contributed by atoms with van der Waals surface area (Å²) in [6, 6.07) is 8.89. The number of imidazole rings is 1. The number of aromatic nitrogens is 2. The normalized spacial score (nSPS) is 12.8. The van der Waals surface area contributed by atoms with Gasteiger partial charge in [-0.25, -0.2) is 4.98 Å². The molecule has 0 saturated carbocycles. The van der Waals surface area contributed by atoms with Gasteiger partial charge in [-0.15, -0.1) is 0 Å². The zero-order valence-corrected chi connectivity index (χ0v) is 12.8. The monoisotopic (exact) mass is 272 g/mol. The van der Waals surface area contributed by atoms with Crippen LogP contribution in [-0.2, 0) is 13.6 Å². The number of hydrogen-bond acceptors (Lipinski definition) is 3. The Kier molecular flexibility index (Phi) is 4.93. The Morgan fingerprint density at radius 2 is 2.10 bits per heavy atom. The standard InChI is InChI=1S/C16H24N4/c1-13-7-5-6-8-14(13)15(17-2)11-19(3)12-16-18-9-10-20(16)4/h5-10,15,17H,11-12H2,1-4H3. The van der Waals surface area contributed by atoms with Gasteiger partial charge in [0.2, 0.25) is 0 Å². The highest BCUT2D eigenvalue weighted by molar-refractivity contribution is 5.28. The van der Waals surface area contributed by atoms with Gasteiger partial charge in [0.05, 0.1) is 6.54 Å². The quantitative estimate of drug-likeness (QED) is 0.874. The van der Waals surface area contributed by atoms with Crippen LogP contribution in [0.3, 0.4) is 0 Å². The summed E-state index contributed by atoms with van der Waals surface area (Å²) < 4.78 is 2.07. The van der Waals surface area contributed by atoms with Gasteiger partial charge in [0.1, 0.15) is 5.82 Å². The number of aryl methyl sites for hydroxylation is 2. The summed E-state index contributed by atoms with van der Waals surface area (Å²) in [6.07, 6.45) is 3.83. The Morgan fingerprint density at radius 3 is 2.70 bits per heavy atom. The topological polar surface area (TPSA) is 33.1 Å². The third-order valence-corrected chi connectivity index (χ3v) is 3.74. The second-order valence-electron chi connectivity index (χ2n) is 5.35. The lowest BCUT2D eigenvalue weighted by molar-refractivity contribution is 0.280. The zero-order chi connectivity index (χ0) is 14.5. The highest BCUT2D eigenvalue weighted by atomic mass is 15.2. The SMILES string of the molecule is CNC(CN(C)Cc1nccn1C)c1ccccc1C. The molecule has 1 atom stereocenters. The van der Waals surface area contributed by atoms with Crippen molar-refractivity contribution in [1.82, 2.24) is 19.8 Å². The first kappa shape index (κ1) is 14.8. The number of nitrogens with zero attached hydrogens (tertiary/aromatic N) is 3. The highest BCUT2D eigenvalue weighted by Crippen LogP contribution is 2.18. The lowest BCUT2D eigenvalue weighted by atomic mass is 10.0. The van der Waals surface area contributed by atoms with Crippen LogP contribution >= 0.6 is 0 Å². The van der Waals surface area contributed by atoms with Gasteiger partial charge in [0, 0.05) is 32.0 Å². The molecule has 0 bridgehead atoms. The molecule has 0 amide bonds. The molecule has 1 aromatic carbocycles. The Morgan fingerprint density at radius 1 is 1.35 bits per heavy atom. The van der Waals surface area contributed by atoms with E-state index in [1.165, 1.54) is 11.1 Å². The van der Waals surface area contributed by atoms with Gasteiger partial charge in [0.25, 0.3) is 0 Å². The van der Waals surface area contributed by atoms with Crippen molar-refractivity contribution >= 4 is 0 Å². The van der Waals surface area contributed by atoms with E-state index in [1.54, 1.807) is 0 Å². The van der Waals surface area contributed by atoms with Gasteiger partial charge in [-0.05, 0) is 32.1 Å². The maximum atomic E-state index is 4.38. The summed E-state index contributed by atoms with van der Waals surface area (Å²) in [6.45, 7) is 3.97. The Bertz CT molecular complexity index is 547. The lowest BCUT2D eigenvalue weighted by Gasteiger charge is -2.25. The molecule has 0 saturated heterocycles. The molecule has 1 unspecified atom stereocenters. The number of hydrogen-bond donors (Lipinski definition) is 1. The molecule has 1 N–H and O–H groups in total. The molecule has 4 nitrogen and oxygen atoms in total. The van der Waals surface area contributed by atoms with Crippen LogP contribution < -0.4 is 5.32 Å². The molecule has 4 heteroatoms. The fraction of sp³-hybridized carbons (Fsp3) is 0.438. The van der Waals surface area contributed by atoms with E-state index in [0.29, 0.717) is 6.04 Å². The summed E-state index contributed by atoms with van der Waals surface area (Å²) in [5.41, 5.74) is 2.69. The number of benzene rings is 1. The van der Waals surface area contributed by atoms with Crippen molar-refractivity contribution in [3.8, 4) is 0 Å². The minimum absolute atomic E-state index is 0.335. The summed E-state index contributed by atoms with van der Waals surface area (Å²) in [5, 5.41) is 3.42.